The summed E-state index contributed by atoms with van der Waals surface area (Å²) in [6, 6.07) is 3.27. The number of alkyl halides is 3. The van der Waals surface area contributed by atoms with E-state index in [9.17, 15) is 18.0 Å². The van der Waals surface area contributed by atoms with E-state index in [-0.39, 0.29) is 43.8 Å². The number of carbonyl (C=O) groups is 1. The van der Waals surface area contributed by atoms with Crippen molar-refractivity contribution in [3.05, 3.63) is 23.9 Å². The van der Waals surface area contributed by atoms with Crippen molar-refractivity contribution >= 4 is 17.7 Å². The lowest BCUT2D eigenvalue weighted by Gasteiger charge is -2.33. The van der Waals surface area contributed by atoms with Gasteiger partial charge in [-0.1, -0.05) is 0 Å². The van der Waals surface area contributed by atoms with E-state index in [1.165, 1.54) is 4.90 Å². The Bertz CT molecular complexity index is 583. The lowest BCUT2D eigenvalue weighted by molar-refractivity contribution is -0.183. The third-order valence-electron chi connectivity index (χ3n) is 4.41. The number of thioether (sulfide) groups is 1. The summed E-state index contributed by atoms with van der Waals surface area (Å²) in [5.74, 6) is 0.548. The van der Waals surface area contributed by atoms with Gasteiger partial charge in [-0.3, -0.25) is 4.79 Å². The molecule has 3 rings (SSSR count). The quantitative estimate of drug-likeness (QED) is 0.829. The molecule has 24 heavy (non-hydrogen) atoms. The molecule has 0 bridgehead atoms. The molecule has 132 valence electrons. The fraction of sp³-hybridized carbons (Fsp3) is 0.625. The van der Waals surface area contributed by atoms with E-state index in [2.05, 4.69) is 4.98 Å². The first-order valence-electron chi connectivity index (χ1n) is 8.00. The predicted octanol–water partition coefficient (Wildman–Crippen LogP) is 3.38. The zero-order valence-corrected chi connectivity index (χ0v) is 13.9. The fourth-order valence-corrected chi connectivity index (χ4v) is 4.09. The van der Waals surface area contributed by atoms with Crippen LogP contribution in [0, 0.1) is 5.92 Å². The van der Waals surface area contributed by atoms with E-state index in [1.54, 1.807) is 30.1 Å². The molecule has 0 aliphatic carbocycles. The summed E-state index contributed by atoms with van der Waals surface area (Å²) in [4.78, 5) is 18.3. The first-order valence-corrected chi connectivity index (χ1v) is 9.16. The molecule has 0 N–H and O–H groups in total. The van der Waals surface area contributed by atoms with Crippen LogP contribution in [0.15, 0.2) is 18.3 Å². The van der Waals surface area contributed by atoms with Crippen molar-refractivity contribution in [1.82, 2.24) is 9.88 Å². The summed E-state index contributed by atoms with van der Waals surface area (Å²) < 4.78 is 44.1. The molecule has 0 radical (unpaired) electrons. The van der Waals surface area contributed by atoms with Gasteiger partial charge in [-0.05, 0) is 37.1 Å². The topological polar surface area (TPSA) is 42.4 Å². The monoisotopic (exact) mass is 360 g/mol. The van der Waals surface area contributed by atoms with Crippen LogP contribution in [0.1, 0.15) is 29.6 Å². The zero-order chi connectivity index (χ0) is 17.2. The van der Waals surface area contributed by atoms with Gasteiger partial charge >= 0.3 is 6.18 Å². The number of halogens is 3. The SMILES string of the molecule is O=C(c1cccnc1O[C@@H]1CCSC1)N1CCC(C(F)(F)F)CC1. The summed E-state index contributed by atoms with van der Waals surface area (Å²) in [6.45, 7) is 0.216. The van der Waals surface area contributed by atoms with Gasteiger partial charge in [0.1, 0.15) is 11.7 Å². The minimum Gasteiger partial charge on any atom is -0.473 e. The minimum absolute atomic E-state index is 0.0346. The number of aromatic nitrogens is 1. The summed E-state index contributed by atoms with van der Waals surface area (Å²) in [6.07, 6.45) is -1.78. The Morgan fingerprint density at radius 1 is 1.29 bits per heavy atom. The molecule has 0 unspecified atom stereocenters. The molecule has 1 amide bonds. The van der Waals surface area contributed by atoms with Gasteiger partial charge in [0, 0.05) is 25.0 Å². The fourth-order valence-electron chi connectivity index (χ4n) is 2.99. The average Bonchev–Trinajstić information content (AvgIpc) is 3.07. The molecule has 2 fully saturated rings. The predicted molar refractivity (Wildman–Crippen MR) is 85.3 cm³/mol. The number of carbonyl (C=O) groups excluding carboxylic acids is 1. The summed E-state index contributed by atoms with van der Waals surface area (Å²) in [7, 11) is 0. The standard InChI is InChI=1S/C16H19F3N2O2S/c17-16(18,19)11-3-7-21(8-4-11)15(22)13-2-1-6-20-14(13)23-12-5-9-24-10-12/h1-2,6,11-12H,3-5,7-10H2/t12-/m1/s1. The lowest BCUT2D eigenvalue weighted by atomic mass is 9.96. The van der Waals surface area contributed by atoms with Crippen LogP contribution in [0.2, 0.25) is 0 Å². The lowest BCUT2D eigenvalue weighted by Crippen LogP contribution is -2.42. The van der Waals surface area contributed by atoms with E-state index in [0.29, 0.717) is 5.56 Å². The smallest absolute Gasteiger partial charge is 0.391 e. The maximum absolute atomic E-state index is 12.7. The third kappa shape index (κ3) is 3.96. The van der Waals surface area contributed by atoms with Crippen molar-refractivity contribution in [2.75, 3.05) is 24.6 Å². The first-order chi connectivity index (χ1) is 11.4. The first kappa shape index (κ1) is 17.4. The molecule has 2 aliphatic rings. The third-order valence-corrected chi connectivity index (χ3v) is 5.54. The summed E-state index contributed by atoms with van der Waals surface area (Å²) in [5.41, 5.74) is 0.333. The number of amides is 1. The van der Waals surface area contributed by atoms with E-state index in [4.69, 9.17) is 4.74 Å². The minimum atomic E-state index is -4.18. The van der Waals surface area contributed by atoms with Crippen LogP contribution in [-0.2, 0) is 0 Å². The number of likely N-dealkylation sites (tertiary alicyclic amines) is 1. The van der Waals surface area contributed by atoms with Crippen LogP contribution in [0.4, 0.5) is 13.2 Å². The van der Waals surface area contributed by atoms with Crippen LogP contribution in [0.3, 0.4) is 0 Å². The number of ether oxygens (including phenoxy) is 1. The van der Waals surface area contributed by atoms with Crippen LogP contribution >= 0.6 is 11.8 Å². The Balaban J connectivity index is 1.67. The van der Waals surface area contributed by atoms with Gasteiger partial charge in [0.25, 0.3) is 5.91 Å². The largest absolute Gasteiger partial charge is 0.473 e. The molecule has 1 aromatic rings. The van der Waals surface area contributed by atoms with Crippen molar-refractivity contribution in [3.8, 4) is 5.88 Å². The van der Waals surface area contributed by atoms with Gasteiger partial charge in [0.2, 0.25) is 5.88 Å². The van der Waals surface area contributed by atoms with Crippen molar-refractivity contribution in [2.24, 2.45) is 5.92 Å². The molecule has 0 spiro atoms. The average molecular weight is 360 g/mol. The maximum Gasteiger partial charge on any atom is 0.391 e. The molecule has 1 aromatic heterocycles. The Morgan fingerprint density at radius 2 is 2.04 bits per heavy atom. The Kier molecular flexibility index (Phi) is 5.22. The highest BCUT2D eigenvalue weighted by atomic mass is 32.2. The second-order valence-corrected chi connectivity index (χ2v) is 7.22. The normalized spacial score (nSPS) is 22.6. The number of nitrogens with zero attached hydrogens (tertiary/aromatic N) is 2. The molecule has 8 heteroatoms. The van der Waals surface area contributed by atoms with E-state index < -0.39 is 12.1 Å². The van der Waals surface area contributed by atoms with Gasteiger partial charge < -0.3 is 9.64 Å². The van der Waals surface area contributed by atoms with Crippen LogP contribution in [-0.4, -0.2) is 52.7 Å². The van der Waals surface area contributed by atoms with Crippen LogP contribution in [0.25, 0.3) is 0 Å². The van der Waals surface area contributed by atoms with E-state index in [1.807, 2.05) is 0 Å². The zero-order valence-electron chi connectivity index (χ0n) is 13.1. The molecular weight excluding hydrogens is 341 g/mol. The molecule has 0 aromatic carbocycles. The highest BCUT2D eigenvalue weighted by molar-refractivity contribution is 7.99. The van der Waals surface area contributed by atoms with Crippen LogP contribution in [0.5, 0.6) is 5.88 Å². The Morgan fingerprint density at radius 3 is 2.67 bits per heavy atom. The van der Waals surface area contributed by atoms with Crippen molar-refractivity contribution < 1.29 is 22.7 Å². The maximum atomic E-state index is 12.7. The van der Waals surface area contributed by atoms with Gasteiger partial charge in [0.05, 0.1) is 5.92 Å². The summed E-state index contributed by atoms with van der Waals surface area (Å²) >= 11 is 1.79. The number of hydrogen-bond acceptors (Lipinski definition) is 4. The highest BCUT2D eigenvalue weighted by Crippen LogP contribution is 2.35. The number of pyridine rings is 1. The Hall–Kier alpha value is -1.44. The second-order valence-electron chi connectivity index (χ2n) is 6.07. The van der Waals surface area contributed by atoms with Crippen molar-refractivity contribution in [2.45, 2.75) is 31.5 Å². The van der Waals surface area contributed by atoms with Gasteiger partial charge in [0.15, 0.2) is 0 Å². The van der Waals surface area contributed by atoms with Gasteiger partial charge in [-0.2, -0.15) is 24.9 Å². The van der Waals surface area contributed by atoms with Crippen molar-refractivity contribution in [3.63, 3.8) is 0 Å². The molecule has 2 aliphatic heterocycles. The summed E-state index contributed by atoms with van der Waals surface area (Å²) in [5, 5.41) is 0. The van der Waals surface area contributed by atoms with Gasteiger partial charge in [-0.25, -0.2) is 4.98 Å². The number of hydrogen-bond donors (Lipinski definition) is 0. The van der Waals surface area contributed by atoms with Gasteiger partial charge in [-0.15, -0.1) is 0 Å². The molecule has 0 saturated carbocycles. The second kappa shape index (κ2) is 7.21. The molecule has 1 atom stereocenters. The highest BCUT2D eigenvalue weighted by Gasteiger charge is 2.42. The molecule has 2 saturated heterocycles. The molecule has 3 heterocycles. The van der Waals surface area contributed by atoms with E-state index in [0.717, 1.165) is 17.9 Å². The van der Waals surface area contributed by atoms with Crippen molar-refractivity contribution in [1.29, 1.82) is 0 Å². The van der Waals surface area contributed by atoms with Crippen LogP contribution < -0.4 is 4.74 Å². The Labute approximate surface area is 142 Å². The molecular formula is C16H19F3N2O2S. The van der Waals surface area contributed by atoms with E-state index >= 15 is 0 Å². The molecule has 4 nitrogen and oxygen atoms in total. The number of rotatable bonds is 3. The number of piperidine rings is 1.